The number of aryl methyl sites for hydroxylation is 1. The summed E-state index contributed by atoms with van der Waals surface area (Å²) in [5.41, 5.74) is 0.708. The van der Waals surface area contributed by atoms with Crippen molar-refractivity contribution in [2.45, 2.75) is 38.8 Å². The van der Waals surface area contributed by atoms with Crippen LogP contribution in [0.5, 0.6) is 0 Å². The van der Waals surface area contributed by atoms with Crippen molar-refractivity contribution >= 4 is 17.3 Å². The van der Waals surface area contributed by atoms with Crippen molar-refractivity contribution in [1.29, 1.82) is 0 Å². The van der Waals surface area contributed by atoms with Gasteiger partial charge < -0.3 is 10.4 Å². The molecule has 0 aromatic carbocycles. The number of carboxylic acids is 1. The molecule has 1 fully saturated rings. The van der Waals surface area contributed by atoms with Crippen molar-refractivity contribution in [2.24, 2.45) is 0 Å². The van der Waals surface area contributed by atoms with E-state index in [9.17, 15) is 4.79 Å². The second-order valence-electron chi connectivity index (χ2n) is 3.70. The Morgan fingerprint density at radius 3 is 2.87 bits per heavy atom. The molecule has 0 spiro atoms. The van der Waals surface area contributed by atoms with Gasteiger partial charge in [-0.3, -0.25) is 0 Å². The Balaban J connectivity index is 2.06. The topological polar surface area (TPSA) is 62.2 Å². The highest BCUT2D eigenvalue weighted by molar-refractivity contribution is 7.13. The summed E-state index contributed by atoms with van der Waals surface area (Å²) in [6.07, 6.45) is 3.15. The van der Waals surface area contributed by atoms with Crippen LogP contribution < -0.4 is 5.32 Å². The number of thiazole rings is 1. The quantitative estimate of drug-likeness (QED) is 0.801. The monoisotopic (exact) mass is 226 g/mol. The molecule has 2 rings (SSSR count). The molecule has 1 aromatic rings. The van der Waals surface area contributed by atoms with Crippen LogP contribution >= 0.6 is 11.3 Å². The smallest absolute Gasteiger partial charge is 0.347 e. The largest absolute Gasteiger partial charge is 0.477 e. The van der Waals surface area contributed by atoms with Crippen molar-refractivity contribution in [2.75, 3.05) is 0 Å². The first-order valence-electron chi connectivity index (χ1n) is 5.16. The number of nitrogens with zero attached hydrogens (tertiary/aromatic N) is 1. The number of hydrogen-bond acceptors (Lipinski definition) is 4. The summed E-state index contributed by atoms with van der Waals surface area (Å²) < 4.78 is 0. The molecule has 4 nitrogen and oxygen atoms in total. The van der Waals surface area contributed by atoms with Crippen molar-refractivity contribution < 1.29 is 9.90 Å². The Bertz CT molecular complexity index is 371. The number of rotatable bonds is 5. The molecular weight excluding hydrogens is 212 g/mol. The lowest BCUT2D eigenvalue weighted by molar-refractivity contribution is 0.0701. The zero-order valence-corrected chi connectivity index (χ0v) is 9.43. The van der Waals surface area contributed by atoms with Crippen LogP contribution in [0, 0.1) is 0 Å². The van der Waals surface area contributed by atoms with Crippen LogP contribution in [0.3, 0.4) is 0 Å². The van der Waals surface area contributed by atoms with Gasteiger partial charge in [0.05, 0.1) is 5.69 Å². The number of hydrogen-bond donors (Lipinski definition) is 2. The molecule has 0 saturated heterocycles. The molecule has 0 amide bonds. The molecule has 2 N–H and O–H groups in total. The minimum Gasteiger partial charge on any atom is -0.477 e. The Labute approximate surface area is 92.3 Å². The summed E-state index contributed by atoms with van der Waals surface area (Å²) in [5.74, 6) is -0.859. The van der Waals surface area contributed by atoms with Crippen LogP contribution in [-0.2, 0) is 13.0 Å². The van der Waals surface area contributed by atoms with E-state index in [1.54, 1.807) is 0 Å². The van der Waals surface area contributed by atoms with Crippen LogP contribution in [0.15, 0.2) is 0 Å². The van der Waals surface area contributed by atoms with Crippen LogP contribution in [0.25, 0.3) is 0 Å². The van der Waals surface area contributed by atoms with Gasteiger partial charge in [-0.05, 0) is 19.3 Å². The maximum Gasteiger partial charge on any atom is 0.347 e. The van der Waals surface area contributed by atoms with E-state index in [0.717, 1.165) is 5.01 Å². The van der Waals surface area contributed by atoms with Gasteiger partial charge in [0.25, 0.3) is 0 Å². The van der Waals surface area contributed by atoms with Gasteiger partial charge in [0.15, 0.2) is 0 Å². The summed E-state index contributed by atoms with van der Waals surface area (Å²) in [5, 5.41) is 13.2. The second kappa shape index (κ2) is 4.28. The van der Waals surface area contributed by atoms with E-state index in [0.29, 0.717) is 29.6 Å². The fourth-order valence-electron chi connectivity index (χ4n) is 1.40. The lowest BCUT2D eigenvalue weighted by atomic mass is 10.3. The van der Waals surface area contributed by atoms with Crippen LogP contribution in [0.4, 0.5) is 0 Å². The van der Waals surface area contributed by atoms with Gasteiger partial charge in [0, 0.05) is 12.6 Å². The first-order chi connectivity index (χ1) is 7.20. The Morgan fingerprint density at radius 2 is 2.40 bits per heavy atom. The highest BCUT2D eigenvalue weighted by Crippen LogP contribution is 2.22. The van der Waals surface area contributed by atoms with Gasteiger partial charge in [-0.2, -0.15) is 0 Å². The van der Waals surface area contributed by atoms with Crippen LogP contribution in [0.1, 0.15) is 40.1 Å². The summed E-state index contributed by atoms with van der Waals surface area (Å²) in [6.45, 7) is 2.63. The molecule has 82 valence electrons. The predicted octanol–water partition coefficient (Wildman–Crippen LogP) is 1.66. The van der Waals surface area contributed by atoms with Crippen LogP contribution in [-0.4, -0.2) is 22.1 Å². The van der Waals surface area contributed by atoms with Crippen LogP contribution in [0.2, 0.25) is 0 Å². The van der Waals surface area contributed by atoms with Gasteiger partial charge in [0.2, 0.25) is 0 Å². The van der Waals surface area contributed by atoms with Crippen molar-refractivity contribution in [3.63, 3.8) is 0 Å². The third-order valence-electron chi connectivity index (χ3n) is 2.39. The number of aromatic carboxylic acids is 1. The molecule has 1 aromatic heterocycles. The lowest BCUT2D eigenvalue weighted by Gasteiger charge is -1.96. The Morgan fingerprint density at radius 1 is 1.67 bits per heavy atom. The number of carbonyl (C=O) groups is 1. The Hall–Kier alpha value is -0.940. The maximum atomic E-state index is 10.9. The van der Waals surface area contributed by atoms with E-state index in [4.69, 9.17) is 5.11 Å². The lowest BCUT2D eigenvalue weighted by Crippen LogP contribution is -2.14. The Kier molecular flexibility index (Phi) is 3.02. The molecule has 15 heavy (non-hydrogen) atoms. The average molecular weight is 226 g/mol. The SMILES string of the molecule is CCc1nc(CNC2CC2)sc1C(=O)O. The molecular formula is C10H14N2O2S. The summed E-state index contributed by atoms with van der Waals surface area (Å²) in [4.78, 5) is 15.6. The van der Waals surface area contributed by atoms with E-state index in [-0.39, 0.29) is 0 Å². The molecule has 0 radical (unpaired) electrons. The standard InChI is InChI=1S/C10H14N2O2S/c1-2-7-9(10(13)14)15-8(12-7)5-11-6-3-4-6/h6,11H,2-5H2,1H3,(H,13,14). The zero-order valence-electron chi connectivity index (χ0n) is 8.62. The molecule has 0 bridgehead atoms. The minimum atomic E-state index is -0.859. The number of nitrogens with one attached hydrogen (secondary N) is 1. The molecule has 1 aliphatic carbocycles. The summed E-state index contributed by atoms with van der Waals surface area (Å²) >= 11 is 1.29. The highest BCUT2D eigenvalue weighted by Gasteiger charge is 2.21. The fourth-order valence-corrected chi connectivity index (χ4v) is 2.34. The molecule has 1 saturated carbocycles. The zero-order chi connectivity index (χ0) is 10.8. The van der Waals surface area contributed by atoms with E-state index in [2.05, 4.69) is 10.3 Å². The van der Waals surface area contributed by atoms with E-state index >= 15 is 0 Å². The highest BCUT2D eigenvalue weighted by atomic mass is 32.1. The predicted molar refractivity (Wildman–Crippen MR) is 58.3 cm³/mol. The molecule has 0 aliphatic heterocycles. The van der Waals surface area contributed by atoms with Gasteiger partial charge in [-0.25, -0.2) is 9.78 Å². The second-order valence-corrected chi connectivity index (χ2v) is 4.78. The molecule has 1 heterocycles. The normalized spacial score (nSPS) is 15.5. The summed E-state index contributed by atoms with van der Waals surface area (Å²) in [7, 11) is 0. The average Bonchev–Trinajstić information content (AvgIpc) is 2.94. The van der Waals surface area contributed by atoms with Crippen molar-refractivity contribution in [3.8, 4) is 0 Å². The minimum absolute atomic E-state index is 0.394. The van der Waals surface area contributed by atoms with E-state index < -0.39 is 5.97 Å². The molecule has 0 atom stereocenters. The van der Waals surface area contributed by atoms with Gasteiger partial charge in [-0.15, -0.1) is 11.3 Å². The van der Waals surface area contributed by atoms with Gasteiger partial charge in [0.1, 0.15) is 9.88 Å². The first kappa shape index (κ1) is 10.6. The van der Waals surface area contributed by atoms with Gasteiger partial charge in [-0.1, -0.05) is 6.92 Å². The van der Waals surface area contributed by atoms with E-state index in [1.165, 1.54) is 24.2 Å². The molecule has 1 aliphatic rings. The third-order valence-corrected chi connectivity index (χ3v) is 3.48. The van der Waals surface area contributed by atoms with Crippen molar-refractivity contribution in [1.82, 2.24) is 10.3 Å². The fraction of sp³-hybridized carbons (Fsp3) is 0.600. The van der Waals surface area contributed by atoms with Crippen molar-refractivity contribution in [3.05, 3.63) is 15.6 Å². The van der Waals surface area contributed by atoms with E-state index in [1.807, 2.05) is 6.92 Å². The van der Waals surface area contributed by atoms with Gasteiger partial charge >= 0.3 is 5.97 Å². The summed E-state index contributed by atoms with van der Waals surface area (Å²) in [6, 6.07) is 0.632. The third kappa shape index (κ3) is 2.54. The number of carboxylic acid groups (broad SMARTS) is 1. The maximum absolute atomic E-state index is 10.9. The first-order valence-corrected chi connectivity index (χ1v) is 5.97. The molecule has 0 unspecified atom stereocenters. The molecule has 5 heteroatoms. The number of aromatic nitrogens is 1.